The molecule has 0 aliphatic carbocycles. The van der Waals surface area contributed by atoms with E-state index in [-0.39, 0.29) is 49.4 Å². The molecule has 0 spiro atoms. The molecule has 1 atom stereocenters. The van der Waals surface area contributed by atoms with Gasteiger partial charge < -0.3 is 26.3 Å². The second-order valence-corrected chi connectivity index (χ2v) is 5.75. The van der Waals surface area contributed by atoms with Gasteiger partial charge in [-0.1, -0.05) is 6.07 Å². The lowest BCUT2D eigenvalue weighted by atomic mass is 10.1. The summed E-state index contributed by atoms with van der Waals surface area (Å²) in [6.07, 6.45) is 0.469. The summed E-state index contributed by atoms with van der Waals surface area (Å²) in [5.74, 6) is -2.76. The van der Waals surface area contributed by atoms with Crippen molar-refractivity contribution in [3.05, 3.63) is 29.3 Å². The molecule has 1 aromatic carbocycles. The highest BCUT2D eigenvalue weighted by Gasteiger charge is 2.43. The van der Waals surface area contributed by atoms with Crippen molar-refractivity contribution < 1.29 is 28.7 Å². The molecule has 1 aromatic rings. The molecule has 0 fully saturated rings. The number of carbonyl (C=O) groups excluding carboxylic acids is 5. The fraction of sp³-hybridized carbons (Fsp3) is 0.353. The van der Waals surface area contributed by atoms with E-state index in [0.29, 0.717) is 6.29 Å². The van der Waals surface area contributed by atoms with Crippen molar-refractivity contribution in [1.29, 1.82) is 0 Å². The summed E-state index contributed by atoms with van der Waals surface area (Å²) in [7, 11) is 0. The van der Waals surface area contributed by atoms with Gasteiger partial charge in [0.2, 0.25) is 5.91 Å². The highest BCUT2D eigenvalue weighted by molar-refractivity contribution is 6.24. The minimum Gasteiger partial charge on any atom is -0.483 e. The molecule has 5 N–H and O–H groups in total. The first-order valence-electron chi connectivity index (χ1n) is 8.25. The minimum atomic E-state index is -1.25. The lowest BCUT2D eigenvalue weighted by molar-refractivity contribution is -0.123. The van der Waals surface area contributed by atoms with Crippen molar-refractivity contribution in [2.24, 2.45) is 11.5 Å². The Balaban J connectivity index is 2.25. The number of aldehydes is 1. The summed E-state index contributed by atoms with van der Waals surface area (Å²) in [5, 5.41) is 2.51. The van der Waals surface area contributed by atoms with Gasteiger partial charge in [-0.3, -0.25) is 24.1 Å². The second-order valence-electron chi connectivity index (χ2n) is 5.75. The minimum absolute atomic E-state index is 0.0360. The average Bonchev–Trinajstić information content (AvgIpc) is 2.90. The molecule has 10 nitrogen and oxygen atoms in total. The first kappa shape index (κ1) is 20.0. The van der Waals surface area contributed by atoms with Gasteiger partial charge in [0.1, 0.15) is 18.1 Å². The van der Waals surface area contributed by atoms with Gasteiger partial charge in [-0.05, 0) is 18.6 Å². The zero-order chi connectivity index (χ0) is 20.0. The van der Waals surface area contributed by atoms with Crippen LogP contribution in [0.4, 0.5) is 0 Å². The first-order chi connectivity index (χ1) is 12.9. The number of imide groups is 1. The van der Waals surface area contributed by atoms with Crippen LogP contribution in [0.2, 0.25) is 0 Å². The van der Waals surface area contributed by atoms with Gasteiger partial charge in [0.25, 0.3) is 17.7 Å². The molecular weight excluding hydrogens is 356 g/mol. The maximum Gasteiger partial charge on any atom is 0.266 e. The Morgan fingerprint density at radius 3 is 2.63 bits per heavy atom. The summed E-state index contributed by atoms with van der Waals surface area (Å²) in [5.41, 5.74) is 10.6. The van der Waals surface area contributed by atoms with Crippen molar-refractivity contribution in [3.63, 3.8) is 0 Å². The maximum atomic E-state index is 12.8. The Morgan fingerprint density at radius 2 is 2.00 bits per heavy atom. The Kier molecular flexibility index (Phi) is 6.61. The van der Waals surface area contributed by atoms with Crippen LogP contribution in [0.5, 0.6) is 5.75 Å². The Bertz CT molecular complexity index is 779. The fourth-order valence-corrected chi connectivity index (χ4v) is 2.71. The third-order valence-corrected chi connectivity index (χ3v) is 3.93. The Hall–Kier alpha value is -3.27. The molecule has 0 bridgehead atoms. The predicted octanol–water partition coefficient (Wildman–Crippen LogP) is -1.43. The van der Waals surface area contributed by atoms with E-state index in [2.05, 4.69) is 5.32 Å². The number of rotatable bonds is 10. The highest BCUT2D eigenvalue weighted by atomic mass is 16.5. The van der Waals surface area contributed by atoms with Crippen LogP contribution in [-0.4, -0.2) is 60.6 Å². The quantitative estimate of drug-likeness (QED) is 0.333. The number of benzene rings is 1. The molecule has 2 rings (SSSR count). The van der Waals surface area contributed by atoms with Gasteiger partial charge in [-0.15, -0.1) is 0 Å². The smallest absolute Gasteiger partial charge is 0.266 e. The van der Waals surface area contributed by atoms with Crippen molar-refractivity contribution in [2.75, 3.05) is 19.7 Å². The number of nitrogens with one attached hydrogen (secondary N) is 1. The number of nitrogens with two attached hydrogens (primary N) is 2. The van der Waals surface area contributed by atoms with E-state index >= 15 is 0 Å². The van der Waals surface area contributed by atoms with Gasteiger partial charge in [0.05, 0.1) is 11.1 Å². The summed E-state index contributed by atoms with van der Waals surface area (Å²) in [4.78, 5) is 60.1. The van der Waals surface area contributed by atoms with Crippen molar-refractivity contribution >= 4 is 29.9 Å². The number of carbonyl (C=O) groups is 5. The molecule has 0 saturated carbocycles. The van der Waals surface area contributed by atoms with E-state index in [1.165, 1.54) is 18.2 Å². The lowest BCUT2D eigenvalue weighted by Gasteiger charge is -2.22. The van der Waals surface area contributed by atoms with E-state index in [4.69, 9.17) is 16.2 Å². The van der Waals surface area contributed by atoms with E-state index in [1.807, 2.05) is 0 Å². The number of nitrogens with zero attached hydrogens (tertiary/aromatic N) is 1. The number of ether oxygens (including phenoxy) is 1. The van der Waals surface area contributed by atoms with Crippen LogP contribution < -0.4 is 21.5 Å². The van der Waals surface area contributed by atoms with Crippen LogP contribution in [0, 0.1) is 0 Å². The summed E-state index contributed by atoms with van der Waals surface area (Å²) < 4.78 is 5.37. The molecule has 0 radical (unpaired) electrons. The highest BCUT2D eigenvalue weighted by Crippen LogP contribution is 2.32. The number of amides is 4. The molecule has 0 saturated heterocycles. The molecule has 0 aromatic heterocycles. The van der Waals surface area contributed by atoms with Gasteiger partial charge >= 0.3 is 0 Å². The number of primary amides is 1. The third kappa shape index (κ3) is 4.29. The normalized spacial score (nSPS) is 13.9. The van der Waals surface area contributed by atoms with E-state index in [9.17, 15) is 24.0 Å². The molecule has 1 aliphatic rings. The van der Waals surface area contributed by atoms with Crippen molar-refractivity contribution in [1.82, 2.24) is 10.2 Å². The summed E-state index contributed by atoms with van der Waals surface area (Å²) in [6.45, 7) is 0.170. The topological polar surface area (TPSA) is 162 Å². The second kappa shape index (κ2) is 8.90. The SMILES string of the molecule is NCCNC(=O)COc1cccc2c1C(=O)N(C(CCC=O)C(N)=O)C2=O. The predicted molar refractivity (Wildman–Crippen MR) is 92.8 cm³/mol. The van der Waals surface area contributed by atoms with Gasteiger partial charge in [-0.25, -0.2) is 0 Å². The van der Waals surface area contributed by atoms with Crippen LogP contribution in [0.15, 0.2) is 18.2 Å². The molecule has 1 unspecified atom stereocenters. The van der Waals surface area contributed by atoms with Crippen LogP contribution in [-0.2, 0) is 14.4 Å². The Morgan fingerprint density at radius 1 is 1.26 bits per heavy atom. The van der Waals surface area contributed by atoms with Crippen LogP contribution in [0.3, 0.4) is 0 Å². The summed E-state index contributed by atoms with van der Waals surface area (Å²) >= 11 is 0. The monoisotopic (exact) mass is 376 g/mol. The Labute approximate surface area is 154 Å². The van der Waals surface area contributed by atoms with Gasteiger partial charge in [0, 0.05) is 19.5 Å². The molecule has 4 amide bonds. The maximum absolute atomic E-state index is 12.8. The molecule has 1 heterocycles. The van der Waals surface area contributed by atoms with E-state index in [0.717, 1.165) is 4.90 Å². The van der Waals surface area contributed by atoms with Crippen molar-refractivity contribution in [2.45, 2.75) is 18.9 Å². The van der Waals surface area contributed by atoms with Gasteiger partial charge in [-0.2, -0.15) is 0 Å². The van der Waals surface area contributed by atoms with Crippen LogP contribution in [0.25, 0.3) is 0 Å². The number of hydrogen-bond donors (Lipinski definition) is 3. The molecule has 10 heteroatoms. The molecule has 27 heavy (non-hydrogen) atoms. The average molecular weight is 376 g/mol. The zero-order valence-electron chi connectivity index (χ0n) is 14.5. The van der Waals surface area contributed by atoms with E-state index in [1.54, 1.807) is 0 Å². The molecule has 1 aliphatic heterocycles. The van der Waals surface area contributed by atoms with E-state index < -0.39 is 29.7 Å². The fourth-order valence-electron chi connectivity index (χ4n) is 2.71. The first-order valence-corrected chi connectivity index (χ1v) is 8.25. The molecule has 144 valence electrons. The van der Waals surface area contributed by atoms with Crippen LogP contribution in [0.1, 0.15) is 33.6 Å². The largest absolute Gasteiger partial charge is 0.483 e. The van der Waals surface area contributed by atoms with Gasteiger partial charge in [0.15, 0.2) is 6.61 Å². The third-order valence-electron chi connectivity index (χ3n) is 3.93. The summed E-state index contributed by atoms with van der Waals surface area (Å²) in [6, 6.07) is 3.09. The number of hydrogen-bond acceptors (Lipinski definition) is 7. The zero-order valence-corrected chi connectivity index (χ0v) is 14.5. The standard InChI is InChI=1S/C17H20N4O6/c18-6-7-20-13(23)9-27-12-5-1-3-10-14(12)17(26)21(16(10)25)11(15(19)24)4-2-8-22/h1,3,5,8,11H,2,4,6-7,9,18H2,(H2,19,24)(H,20,23). The number of fused-ring (bicyclic) bond motifs is 1. The van der Waals surface area contributed by atoms with Crippen molar-refractivity contribution in [3.8, 4) is 5.75 Å². The lowest BCUT2D eigenvalue weighted by Crippen LogP contribution is -2.47. The molecular formula is C17H20N4O6. The van der Waals surface area contributed by atoms with Crippen LogP contribution >= 0.6 is 0 Å².